The Labute approximate surface area is 115 Å². The van der Waals surface area contributed by atoms with Gasteiger partial charge in [-0.1, -0.05) is 62.2 Å². The smallest absolute Gasteiger partial charge is 0.0632 e. The van der Waals surface area contributed by atoms with E-state index in [1.54, 1.807) is 6.08 Å². The highest BCUT2D eigenvalue weighted by Gasteiger charge is 1.92. The Hall–Kier alpha value is -2.41. The van der Waals surface area contributed by atoms with Crippen molar-refractivity contribution in [2.24, 2.45) is 4.99 Å². The number of benzene rings is 1. The Balaban J connectivity index is 2.68. The summed E-state index contributed by atoms with van der Waals surface area (Å²) in [5.41, 5.74) is 3.60. The quantitative estimate of drug-likeness (QED) is 0.486. The number of hydrogen-bond donors (Lipinski definition) is 0. The van der Waals surface area contributed by atoms with Crippen LogP contribution in [0.4, 0.5) is 5.69 Å². The lowest BCUT2D eigenvalue weighted by Gasteiger charge is -1.98. The first-order valence-electron chi connectivity index (χ1n) is 6.09. The molecule has 0 radical (unpaired) electrons. The van der Waals surface area contributed by atoms with Crippen LogP contribution in [-0.2, 0) is 0 Å². The average molecular weight is 249 g/mol. The Morgan fingerprint density at radius 2 is 1.63 bits per heavy atom. The van der Waals surface area contributed by atoms with E-state index in [1.807, 2.05) is 61.6 Å². The Morgan fingerprint density at radius 3 is 2.26 bits per heavy atom. The van der Waals surface area contributed by atoms with Crippen LogP contribution in [0.15, 0.2) is 96.6 Å². The fourth-order valence-electron chi connectivity index (χ4n) is 1.36. The molecule has 0 aromatic heterocycles. The largest absolute Gasteiger partial charge is 0.254 e. The van der Waals surface area contributed by atoms with Crippen LogP contribution in [0.2, 0.25) is 0 Å². The van der Waals surface area contributed by atoms with Crippen LogP contribution in [0.1, 0.15) is 6.92 Å². The molecule has 0 amide bonds. The molecule has 0 spiro atoms. The normalized spacial score (nSPS) is 11.9. The van der Waals surface area contributed by atoms with Gasteiger partial charge >= 0.3 is 0 Å². The summed E-state index contributed by atoms with van der Waals surface area (Å²) in [5, 5.41) is 0. The van der Waals surface area contributed by atoms with E-state index >= 15 is 0 Å². The fraction of sp³-hybridized carbons (Fsp3) is 0.0556. The maximum Gasteiger partial charge on any atom is 0.0632 e. The molecule has 0 aliphatic carbocycles. The summed E-state index contributed by atoms with van der Waals surface area (Å²) in [4.78, 5) is 4.48. The van der Waals surface area contributed by atoms with Crippen LogP contribution in [0.3, 0.4) is 0 Å². The number of allylic oxidation sites excluding steroid dienone is 7. The molecule has 1 nitrogen and oxygen atoms in total. The van der Waals surface area contributed by atoms with Crippen molar-refractivity contribution in [1.82, 2.24) is 0 Å². The minimum absolute atomic E-state index is 0.862. The van der Waals surface area contributed by atoms with Crippen LogP contribution in [0.5, 0.6) is 0 Å². The van der Waals surface area contributed by atoms with Gasteiger partial charge in [-0.15, -0.1) is 0 Å². The van der Waals surface area contributed by atoms with E-state index in [0.29, 0.717) is 0 Å². The lowest BCUT2D eigenvalue weighted by atomic mass is 10.1. The van der Waals surface area contributed by atoms with Gasteiger partial charge in [0.15, 0.2) is 0 Å². The second kappa shape index (κ2) is 7.83. The summed E-state index contributed by atoms with van der Waals surface area (Å²) in [6.45, 7) is 13.5. The summed E-state index contributed by atoms with van der Waals surface area (Å²) in [6, 6.07) is 9.85. The molecule has 0 atom stereocenters. The lowest BCUT2D eigenvalue weighted by molar-refractivity contribution is 1.50. The summed E-state index contributed by atoms with van der Waals surface area (Å²) in [5.74, 6) is 0. The molecule has 1 rings (SSSR count). The minimum Gasteiger partial charge on any atom is -0.254 e. The topological polar surface area (TPSA) is 12.4 Å². The molecule has 0 aliphatic heterocycles. The molecule has 19 heavy (non-hydrogen) atoms. The van der Waals surface area contributed by atoms with Gasteiger partial charge in [0.1, 0.15) is 0 Å². The second-order valence-corrected chi connectivity index (χ2v) is 4.07. The third kappa shape index (κ3) is 5.64. The van der Waals surface area contributed by atoms with E-state index in [9.17, 15) is 0 Å². The maximum atomic E-state index is 4.48. The van der Waals surface area contributed by atoms with Gasteiger partial charge in [0.25, 0.3) is 0 Å². The summed E-state index contributed by atoms with van der Waals surface area (Å²) < 4.78 is 0. The van der Waals surface area contributed by atoms with E-state index in [2.05, 4.69) is 24.7 Å². The summed E-state index contributed by atoms with van der Waals surface area (Å²) in [7, 11) is 0. The third-order valence-corrected chi connectivity index (χ3v) is 2.43. The molecule has 0 aliphatic rings. The highest BCUT2D eigenvalue weighted by molar-refractivity contribution is 5.95. The minimum atomic E-state index is 0.862. The number of hydrogen-bond acceptors (Lipinski definition) is 1. The van der Waals surface area contributed by atoms with Crippen LogP contribution in [0.25, 0.3) is 0 Å². The average Bonchev–Trinajstić information content (AvgIpc) is 2.43. The zero-order chi connectivity index (χ0) is 14.1. The second-order valence-electron chi connectivity index (χ2n) is 4.07. The molecule has 0 heterocycles. The number of rotatable bonds is 6. The molecule has 0 fully saturated rings. The van der Waals surface area contributed by atoms with Crippen molar-refractivity contribution in [3.63, 3.8) is 0 Å². The maximum absolute atomic E-state index is 4.48. The Bertz CT molecular complexity index is 542. The van der Waals surface area contributed by atoms with Gasteiger partial charge in [-0.3, -0.25) is 4.99 Å². The van der Waals surface area contributed by atoms with Crippen molar-refractivity contribution in [3.05, 3.63) is 91.6 Å². The van der Waals surface area contributed by atoms with E-state index in [0.717, 1.165) is 22.5 Å². The van der Waals surface area contributed by atoms with E-state index in [-0.39, 0.29) is 0 Å². The predicted molar refractivity (Wildman–Crippen MR) is 86.0 cm³/mol. The van der Waals surface area contributed by atoms with Gasteiger partial charge in [0.05, 0.1) is 5.69 Å². The van der Waals surface area contributed by atoms with Crippen molar-refractivity contribution in [2.45, 2.75) is 6.92 Å². The molecule has 1 heteroatoms. The van der Waals surface area contributed by atoms with E-state index in [1.165, 1.54) is 0 Å². The van der Waals surface area contributed by atoms with Gasteiger partial charge in [-0.25, -0.2) is 0 Å². The number of para-hydroxylation sites is 1. The van der Waals surface area contributed by atoms with Crippen molar-refractivity contribution >= 4 is 11.4 Å². The molecule has 1 aromatic carbocycles. The molecular weight excluding hydrogens is 230 g/mol. The van der Waals surface area contributed by atoms with Crippen LogP contribution < -0.4 is 0 Å². The van der Waals surface area contributed by atoms with Crippen molar-refractivity contribution < 1.29 is 0 Å². The molecule has 1 aromatic rings. The molecule has 0 N–H and O–H groups in total. The first-order valence-corrected chi connectivity index (χ1v) is 6.09. The summed E-state index contributed by atoms with van der Waals surface area (Å²) in [6.07, 6.45) is 9.28. The molecule has 0 bridgehead atoms. The van der Waals surface area contributed by atoms with E-state index < -0.39 is 0 Å². The standard InChI is InChI=1S/C18H19N/c1-5-6-10-15(2)16(3)13-14-17(4)19-18-11-8-7-9-12-18/h5-14H,1-3H2,4H3/b10-6-,14-13-,19-17?. The van der Waals surface area contributed by atoms with Gasteiger partial charge in [0.2, 0.25) is 0 Å². The first-order chi connectivity index (χ1) is 9.13. The van der Waals surface area contributed by atoms with Crippen LogP contribution in [0, 0.1) is 0 Å². The Kier molecular flexibility index (Phi) is 6.04. The number of aliphatic imine (C=N–C) groups is 1. The zero-order valence-corrected chi connectivity index (χ0v) is 11.3. The first kappa shape index (κ1) is 14.7. The fourth-order valence-corrected chi connectivity index (χ4v) is 1.36. The SMILES string of the molecule is C=C/C=C\C(=C)C(=C)/C=C\C(C)=Nc1ccccc1. The lowest BCUT2D eigenvalue weighted by Crippen LogP contribution is -1.85. The predicted octanol–water partition coefficient (Wildman–Crippen LogP) is 5.19. The number of nitrogens with zero attached hydrogens (tertiary/aromatic N) is 1. The molecular formula is C18H19N. The van der Waals surface area contributed by atoms with Crippen molar-refractivity contribution in [2.75, 3.05) is 0 Å². The van der Waals surface area contributed by atoms with Crippen LogP contribution in [-0.4, -0.2) is 5.71 Å². The van der Waals surface area contributed by atoms with Gasteiger partial charge in [-0.2, -0.15) is 0 Å². The van der Waals surface area contributed by atoms with Gasteiger partial charge in [-0.05, 0) is 36.3 Å². The van der Waals surface area contributed by atoms with E-state index in [4.69, 9.17) is 0 Å². The molecule has 0 saturated carbocycles. The Morgan fingerprint density at radius 1 is 1.00 bits per heavy atom. The summed E-state index contributed by atoms with van der Waals surface area (Å²) >= 11 is 0. The molecule has 0 saturated heterocycles. The van der Waals surface area contributed by atoms with Crippen molar-refractivity contribution in [3.8, 4) is 0 Å². The van der Waals surface area contributed by atoms with Crippen LogP contribution >= 0.6 is 0 Å². The monoisotopic (exact) mass is 249 g/mol. The van der Waals surface area contributed by atoms with Gasteiger partial charge < -0.3 is 0 Å². The highest BCUT2D eigenvalue weighted by Crippen LogP contribution is 2.12. The third-order valence-electron chi connectivity index (χ3n) is 2.43. The molecule has 96 valence electrons. The molecule has 0 unspecified atom stereocenters. The van der Waals surface area contributed by atoms with Gasteiger partial charge in [0, 0.05) is 5.71 Å². The van der Waals surface area contributed by atoms with Crippen molar-refractivity contribution in [1.29, 1.82) is 0 Å². The zero-order valence-electron chi connectivity index (χ0n) is 11.3. The highest BCUT2D eigenvalue weighted by atomic mass is 14.7.